The molecule has 0 aliphatic heterocycles. The maximum atomic E-state index is 10.9. The molecule has 0 spiro atoms. The molecule has 0 aliphatic rings. The van der Waals surface area contributed by atoms with Crippen LogP contribution in [0.3, 0.4) is 0 Å². The van der Waals surface area contributed by atoms with E-state index in [-0.39, 0.29) is 6.10 Å². The van der Waals surface area contributed by atoms with Gasteiger partial charge >= 0.3 is 0 Å². The fourth-order valence-electron chi connectivity index (χ4n) is 3.71. The van der Waals surface area contributed by atoms with E-state index in [1.807, 2.05) is 12.3 Å². The van der Waals surface area contributed by atoms with Crippen molar-refractivity contribution in [3.05, 3.63) is 26.6 Å². The molecule has 0 saturated heterocycles. The Labute approximate surface area is 160 Å². The summed E-state index contributed by atoms with van der Waals surface area (Å²) in [6.45, 7) is 15.8. The lowest BCUT2D eigenvalue weighted by Crippen LogP contribution is -2.50. The van der Waals surface area contributed by atoms with Crippen LogP contribution in [-0.4, -0.2) is 25.7 Å². The van der Waals surface area contributed by atoms with E-state index in [0.717, 1.165) is 15.8 Å². The first-order valence-electron chi connectivity index (χ1n) is 8.54. The molecule has 136 valence electrons. The van der Waals surface area contributed by atoms with Gasteiger partial charge in [-0.2, -0.15) is 0 Å². The van der Waals surface area contributed by atoms with Gasteiger partial charge in [0.1, 0.15) is 5.69 Å². The van der Waals surface area contributed by atoms with Crippen LogP contribution in [-0.2, 0) is 10.8 Å². The number of halogens is 1. The summed E-state index contributed by atoms with van der Waals surface area (Å²) in [5, 5.41) is 2.76. The van der Waals surface area contributed by atoms with Crippen LogP contribution in [0.2, 0.25) is 16.6 Å². The van der Waals surface area contributed by atoms with Crippen LogP contribution in [0.4, 0.5) is 0 Å². The van der Waals surface area contributed by atoms with Crippen molar-refractivity contribution in [2.45, 2.75) is 77.6 Å². The van der Waals surface area contributed by atoms with Crippen molar-refractivity contribution in [2.75, 3.05) is 0 Å². The summed E-state index contributed by atoms with van der Waals surface area (Å²) in [5.41, 5.74) is 2.11. The number of thiazole rings is 1. The Hall–Kier alpha value is -0.303. The van der Waals surface area contributed by atoms with Gasteiger partial charge in [-0.15, -0.1) is 11.3 Å². The number of hydrogen-bond donors (Lipinski definition) is 0. The highest BCUT2D eigenvalue weighted by Crippen LogP contribution is 2.43. The van der Waals surface area contributed by atoms with E-state index < -0.39 is 8.32 Å². The lowest BCUT2D eigenvalue weighted by Gasteiger charge is -2.44. The van der Waals surface area contributed by atoms with Crippen molar-refractivity contribution in [1.29, 1.82) is 0 Å². The molecule has 1 atom stereocenters. The average Bonchev–Trinajstić information content (AvgIpc) is 2.90. The van der Waals surface area contributed by atoms with E-state index in [4.69, 9.17) is 4.43 Å². The molecule has 1 heterocycles. The van der Waals surface area contributed by atoms with E-state index in [1.54, 1.807) is 0 Å². The lowest BCUT2D eigenvalue weighted by molar-refractivity contribution is 0.111. The van der Waals surface area contributed by atoms with E-state index in [0.29, 0.717) is 28.7 Å². The number of aldehydes is 1. The number of hydrogen-bond acceptors (Lipinski definition) is 4. The zero-order chi connectivity index (χ0) is 18.5. The first-order valence-corrected chi connectivity index (χ1v) is 12.4. The van der Waals surface area contributed by atoms with Gasteiger partial charge in [-0.05, 0) is 34.1 Å². The van der Waals surface area contributed by atoms with Crippen LogP contribution in [0.25, 0.3) is 0 Å². The summed E-state index contributed by atoms with van der Waals surface area (Å²) in [7, 11) is -1.97. The summed E-state index contributed by atoms with van der Waals surface area (Å²) in [4.78, 5) is 15.3. The Morgan fingerprint density at radius 1 is 1.25 bits per heavy atom. The highest BCUT2D eigenvalue weighted by molar-refractivity contribution is 9.11. The van der Waals surface area contributed by atoms with Gasteiger partial charge in [0.25, 0.3) is 0 Å². The highest BCUT2D eigenvalue weighted by Gasteiger charge is 2.46. The second-order valence-electron chi connectivity index (χ2n) is 7.22. The zero-order valence-corrected chi connectivity index (χ0v) is 19.2. The van der Waals surface area contributed by atoms with E-state index >= 15 is 0 Å². The molecule has 0 unspecified atom stereocenters. The third-order valence-electron chi connectivity index (χ3n) is 4.54. The SMILES string of the molecule is C/C(Br)=C\[C@@H](Cc1nc(C=O)cs1)O[Si](C(C)C)(C(C)C)C(C)C. The second-order valence-corrected chi connectivity index (χ2v) is 14.8. The Kier molecular flexibility index (Phi) is 8.52. The van der Waals surface area contributed by atoms with Gasteiger partial charge in [0.15, 0.2) is 6.29 Å². The van der Waals surface area contributed by atoms with Crippen LogP contribution < -0.4 is 0 Å². The fourth-order valence-corrected chi connectivity index (χ4v) is 10.3. The van der Waals surface area contributed by atoms with Crippen LogP contribution in [0, 0.1) is 0 Å². The summed E-state index contributed by atoms with van der Waals surface area (Å²) < 4.78 is 7.96. The fraction of sp³-hybridized carbons (Fsp3) is 0.667. The van der Waals surface area contributed by atoms with Crippen molar-refractivity contribution < 1.29 is 9.22 Å². The quantitative estimate of drug-likeness (QED) is 0.337. The number of aromatic nitrogens is 1. The molecular weight excluding hydrogens is 402 g/mol. The molecule has 1 rings (SSSR count). The predicted molar refractivity (Wildman–Crippen MR) is 110 cm³/mol. The molecule has 0 radical (unpaired) electrons. The Morgan fingerprint density at radius 2 is 1.79 bits per heavy atom. The van der Waals surface area contributed by atoms with Gasteiger partial charge in [-0.1, -0.05) is 57.5 Å². The van der Waals surface area contributed by atoms with Crippen molar-refractivity contribution >= 4 is 41.9 Å². The number of carbonyl (C=O) groups excluding carboxylic acids is 1. The average molecular weight is 433 g/mol. The minimum Gasteiger partial charge on any atom is -0.409 e. The monoisotopic (exact) mass is 431 g/mol. The zero-order valence-electron chi connectivity index (χ0n) is 15.8. The third-order valence-corrected chi connectivity index (χ3v) is 11.8. The second kappa shape index (κ2) is 9.41. The summed E-state index contributed by atoms with van der Waals surface area (Å²) in [5.74, 6) is 0. The largest absolute Gasteiger partial charge is 0.409 e. The van der Waals surface area contributed by atoms with Gasteiger partial charge < -0.3 is 4.43 Å². The molecule has 6 heteroatoms. The van der Waals surface area contributed by atoms with Gasteiger partial charge in [0.05, 0.1) is 11.1 Å². The van der Waals surface area contributed by atoms with E-state index in [9.17, 15) is 4.79 Å². The molecule has 0 aliphatic carbocycles. The Morgan fingerprint density at radius 3 is 2.17 bits per heavy atom. The Balaban J connectivity index is 3.14. The first kappa shape index (κ1) is 21.7. The van der Waals surface area contributed by atoms with Gasteiger partial charge in [0, 0.05) is 11.8 Å². The number of rotatable bonds is 9. The molecular formula is C18H30BrNO2SSi. The maximum Gasteiger partial charge on any atom is 0.201 e. The van der Waals surface area contributed by atoms with E-state index in [1.165, 1.54) is 11.3 Å². The Bertz CT molecular complexity index is 543. The number of nitrogens with zero attached hydrogens (tertiary/aromatic N) is 1. The molecule has 0 aromatic carbocycles. The molecule has 3 nitrogen and oxygen atoms in total. The summed E-state index contributed by atoms with van der Waals surface area (Å²) in [6.07, 6.45) is 3.63. The molecule has 1 aromatic rings. The maximum absolute atomic E-state index is 10.9. The first-order chi connectivity index (χ1) is 11.1. The minimum absolute atomic E-state index is 0.0195. The van der Waals surface area contributed by atoms with Crippen LogP contribution in [0.5, 0.6) is 0 Å². The van der Waals surface area contributed by atoms with Crippen molar-refractivity contribution in [3.63, 3.8) is 0 Å². The van der Waals surface area contributed by atoms with Gasteiger partial charge in [0.2, 0.25) is 8.32 Å². The number of allylic oxidation sites excluding steroid dienone is 1. The van der Waals surface area contributed by atoms with Crippen molar-refractivity contribution in [3.8, 4) is 0 Å². The van der Waals surface area contributed by atoms with Crippen molar-refractivity contribution in [2.24, 2.45) is 0 Å². The molecule has 0 amide bonds. The molecule has 1 aromatic heterocycles. The molecule has 0 saturated carbocycles. The normalized spacial score (nSPS) is 14.7. The molecule has 0 bridgehead atoms. The summed E-state index contributed by atoms with van der Waals surface area (Å²) in [6, 6.07) is 0. The molecule has 24 heavy (non-hydrogen) atoms. The van der Waals surface area contributed by atoms with Crippen LogP contribution >= 0.6 is 27.3 Å². The third kappa shape index (κ3) is 5.35. The van der Waals surface area contributed by atoms with Gasteiger partial charge in [-0.25, -0.2) is 4.98 Å². The summed E-state index contributed by atoms with van der Waals surface area (Å²) >= 11 is 5.08. The number of carbonyl (C=O) groups is 1. The topological polar surface area (TPSA) is 39.2 Å². The van der Waals surface area contributed by atoms with Gasteiger partial charge in [-0.3, -0.25) is 4.79 Å². The standard InChI is InChI=1S/C18H30BrNO2SSi/c1-12(2)24(13(3)4,14(5)6)22-17(8-15(7)19)9-18-20-16(10-21)11-23-18/h8,10-14,17H,9H2,1-7H3/b15-8+/t17-/m0/s1. The predicted octanol–water partition coefficient (Wildman–Crippen LogP) is 6.36. The van der Waals surface area contributed by atoms with Crippen molar-refractivity contribution in [1.82, 2.24) is 4.98 Å². The highest BCUT2D eigenvalue weighted by atomic mass is 79.9. The lowest BCUT2D eigenvalue weighted by atomic mass is 10.2. The molecule has 0 N–H and O–H groups in total. The minimum atomic E-state index is -1.97. The molecule has 0 fully saturated rings. The van der Waals surface area contributed by atoms with E-state index in [2.05, 4.69) is 68.5 Å². The smallest absolute Gasteiger partial charge is 0.201 e. The van der Waals surface area contributed by atoms with Crippen LogP contribution in [0.15, 0.2) is 15.9 Å². The van der Waals surface area contributed by atoms with Crippen LogP contribution in [0.1, 0.15) is 64.0 Å².